The monoisotopic (exact) mass is 346 g/mol. The Hall–Kier alpha value is -2.61. The highest BCUT2D eigenvalue weighted by Gasteiger charge is 2.12. The van der Waals surface area contributed by atoms with Gasteiger partial charge in [0.15, 0.2) is 0 Å². The van der Waals surface area contributed by atoms with E-state index < -0.39 is 4.92 Å². The summed E-state index contributed by atoms with van der Waals surface area (Å²) in [5, 5.41) is 18.5. The molecular weight excluding hydrogens is 340 g/mol. The zero-order valence-electron chi connectivity index (χ0n) is 10.4. The molecule has 8 heteroatoms. The first-order valence-corrected chi connectivity index (χ1v) is 6.63. The van der Waals surface area contributed by atoms with E-state index in [0.29, 0.717) is 11.3 Å². The summed E-state index contributed by atoms with van der Waals surface area (Å²) in [4.78, 5) is 14.3. The highest BCUT2D eigenvalue weighted by molar-refractivity contribution is 9.10. The van der Waals surface area contributed by atoms with Gasteiger partial charge in [0.25, 0.3) is 11.6 Å². The average Bonchev–Trinajstić information content (AvgIpc) is 2.98. The molecule has 0 N–H and O–H groups in total. The van der Waals surface area contributed by atoms with Crippen LogP contribution in [0.15, 0.2) is 51.5 Å². The van der Waals surface area contributed by atoms with Crippen LogP contribution < -0.4 is 0 Å². The number of aromatic nitrogens is 3. The molecule has 0 atom stereocenters. The summed E-state index contributed by atoms with van der Waals surface area (Å²) in [6.45, 7) is 0. The molecule has 0 fully saturated rings. The highest BCUT2D eigenvalue weighted by Crippen LogP contribution is 2.24. The first-order valence-electron chi connectivity index (χ1n) is 5.84. The second-order valence-corrected chi connectivity index (χ2v) is 4.99. The van der Waals surface area contributed by atoms with Crippen molar-refractivity contribution in [2.45, 2.75) is 0 Å². The Morgan fingerprint density at radius 2 is 1.76 bits per heavy atom. The average molecular weight is 347 g/mol. The van der Waals surface area contributed by atoms with Crippen LogP contribution in [0.25, 0.3) is 23.0 Å². The van der Waals surface area contributed by atoms with E-state index >= 15 is 0 Å². The van der Waals surface area contributed by atoms with E-state index in [0.717, 1.165) is 4.47 Å². The Morgan fingerprint density at radius 1 is 1.05 bits per heavy atom. The van der Waals surface area contributed by atoms with Gasteiger partial charge in [0.2, 0.25) is 5.89 Å². The van der Waals surface area contributed by atoms with Crippen LogP contribution in [0.3, 0.4) is 0 Å². The molecule has 3 aromatic rings. The number of non-ortho nitro benzene ring substituents is 1. The molecule has 0 saturated heterocycles. The number of pyridine rings is 1. The molecule has 21 heavy (non-hydrogen) atoms. The van der Waals surface area contributed by atoms with Gasteiger partial charge in [-0.15, -0.1) is 10.2 Å². The van der Waals surface area contributed by atoms with E-state index in [2.05, 4.69) is 31.1 Å². The Labute approximate surface area is 126 Å². The lowest BCUT2D eigenvalue weighted by molar-refractivity contribution is -0.384. The van der Waals surface area contributed by atoms with Crippen LogP contribution in [-0.2, 0) is 0 Å². The van der Waals surface area contributed by atoms with Crippen LogP contribution in [0.1, 0.15) is 0 Å². The summed E-state index contributed by atoms with van der Waals surface area (Å²) < 4.78 is 6.37. The number of nitro benzene ring substituents is 1. The third-order valence-corrected chi connectivity index (χ3v) is 3.17. The van der Waals surface area contributed by atoms with E-state index in [-0.39, 0.29) is 17.5 Å². The minimum Gasteiger partial charge on any atom is -0.415 e. The molecule has 0 radical (unpaired) electrons. The summed E-state index contributed by atoms with van der Waals surface area (Å²) in [5.41, 5.74) is 1.17. The van der Waals surface area contributed by atoms with Crippen molar-refractivity contribution in [2.75, 3.05) is 0 Å². The smallest absolute Gasteiger partial charge is 0.269 e. The summed E-state index contributed by atoms with van der Waals surface area (Å²) >= 11 is 3.29. The fourth-order valence-electron chi connectivity index (χ4n) is 1.67. The molecule has 0 unspecified atom stereocenters. The first kappa shape index (κ1) is 13.4. The standard InChI is InChI=1S/C13H7BrN4O3/c14-9-3-6-11(15-7-9)13-17-16-12(21-13)8-1-4-10(5-2-8)18(19)20/h1-7H. The van der Waals surface area contributed by atoms with Crippen molar-refractivity contribution in [3.05, 3.63) is 57.2 Å². The number of nitrogens with zero attached hydrogens (tertiary/aromatic N) is 4. The van der Waals surface area contributed by atoms with Crippen molar-refractivity contribution in [3.8, 4) is 23.0 Å². The van der Waals surface area contributed by atoms with Crippen molar-refractivity contribution in [2.24, 2.45) is 0 Å². The number of halogens is 1. The maximum absolute atomic E-state index is 10.6. The Bertz CT molecular complexity index is 784. The number of benzene rings is 1. The van der Waals surface area contributed by atoms with Crippen LogP contribution in [0.5, 0.6) is 0 Å². The molecule has 0 amide bonds. The summed E-state index contributed by atoms with van der Waals surface area (Å²) in [5.74, 6) is 0.570. The highest BCUT2D eigenvalue weighted by atomic mass is 79.9. The lowest BCUT2D eigenvalue weighted by atomic mass is 10.2. The molecular formula is C13H7BrN4O3. The van der Waals surface area contributed by atoms with Gasteiger partial charge >= 0.3 is 0 Å². The molecule has 0 aliphatic rings. The molecule has 0 bridgehead atoms. The van der Waals surface area contributed by atoms with Crippen molar-refractivity contribution in [1.29, 1.82) is 0 Å². The van der Waals surface area contributed by atoms with Crippen LogP contribution in [0, 0.1) is 10.1 Å². The second-order valence-electron chi connectivity index (χ2n) is 4.08. The zero-order valence-corrected chi connectivity index (χ0v) is 12.0. The van der Waals surface area contributed by atoms with Gasteiger partial charge in [0, 0.05) is 28.4 Å². The van der Waals surface area contributed by atoms with Gasteiger partial charge < -0.3 is 4.42 Å². The van der Waals surface area contributed by atoms with Crippen molar-refractivity contribution in [3.63, 3.8) is 0 Å². The topological polar surface area (TPSA) is 95.0 Å². The van der Waals surface area contributed by atoms with Crippen molar-refractivity contribution in [1.82, 2.24) is 15.2 Å². The van der Waals surface area contributed by atoms with Gasteiger partial charge in [0.1, 0.15) is 5.69 Å². The minimum atomic E-state index is -0.464. The fourth-order valence-corrected chi connectivity index (χ4v) is 1.91. The lowest BCUT2D eigenvalue weighted by Crippen LogP contribution is -1.87. The van der Waals surface area contributed by atoms with E-state index in [1.54, 1.807) is 24.4 Å². The lowest BCUT2D eigenvalue weighted by Gasteiger charge is -1.95. The molecule has 2 heterocycles. The maximum Gasteiger partial charge on any atom is 0.269 e. The third kappa shape index (κ3) is 2.79. The predicted molar refractivity (Wildman–Crippen MR) is 77.3 cm³/mol. The van der Waals surface area contributed by atoms with Crippen molar-refractivity contribution >= 4 is 21.6 Å². The van der Waals surface area contributed by atoms with E-state index in [9.17, 15) is 10.1 Å². The fraction of sp³-hybridized carbons (Fsp3) is 0. The zero-order chi connectivity index (χ0) is 14.8. The van der Waals surface area contributed by atoms with E-state index in [4.69, 9.17) is 4.42 Å². The van der Waals surface area contributed by atoms with Crippen LogP contribution >= 0.6 is 15.9 Å². The molecule has 0 spiro atoms. The SMILES string of the molecule is O=[N+]([O-])c1ccc(-c2nnc(-c3ccc(Br)cn3)o2)cc1. The Morgan fingerprint density at radius 3 is 2.38 bits per heavy atom. The second kappa shape index (κ2) is 5.41. The van der Waals surface area contributed by atoms with Gasteiger partial charge in [-0.1, -0.05) is 0 Å². The van der Waals surface area contributed by atoms with Crippen LogP contribution in [0.4, 0.5) is 5.69 Å². The molecule has 3 rings (SSSR count). The van der Waals surface area contributed by atoms with Crippen molar-refractivity contribution < 1.29 is 9.34 Å². The summed E-state index contributed by atoms with van der Waals surface area (Å²) in [7, 11) is 0. The molecule has 2 aromatic heterocycles. The number of hydrogen-bond acceptors (Lipinski definition) is 6. The molecule has 7 nitrogen and oxygen atoms in total. The van der Waals surface area contributed by atoms with Gasteiger partial charge in [-0.05, 0) is 40.2 Å². The maximum atomic E-state index is 10.6. The summed E-state index contributed by atoms with van der Waals surface area (Å²) in [6, 6.07) is 9.46. The largest absolute Gasteiger partial charge is 0.415 e. The minimum absolute atomic E-state index is 0.00747. The van der Waals surface area contributed by atoms with Gasteiger partial charge in [-0.2, -0.15) is 0 Å². The van der Waals surface area contributed by atoms with Gasteiger partial charge in [-0.25, -0.2) is 4.98 Å². The van der Waals surface area contributed by atoms with E-state index in [1.807, 2.05) is 6.07 Å². The predicted octanol–water partition coefficient (Wildman–Crippen LogP) is 3.47. The molecule has 0 saturated carbocycles. The number of rotatable bonds is 3. The molecule has 0 aliphatic carbocycles. The van der Waals surface area contributed by atoms with Crippen LogP contribution in [-0.4, -0.2) is 20.1 Å². The molecule has 0 aliphatic heterocycles. The number of nitro groups is 1. The number of hydrogen-bond donors (Lipinski definition) is 0. The van der Waals surface area contributed by atoms with Crippen LogP contribution in [0.2, 0.25) is 0 Å². The molecule has 104 valence electrons. The normalized spacial score (nSPS) is 10.5. The Kier molecular flexibility index (Phi) is 3.44. The molecule has 1 aromatic carbocycles. The Balaban J connectivity index is 1.90. The summed E-state index contributed by atoms with van der Waals surface area (Å²) in [6.07, 6.45) is 1.63. The first-order chi connectivity index (χ1) is 10.1. The van der Waals surface area contributed by atoms with E-state index in [1.165, 1.54) is 12.1 Å². The third-order valence-electron chi connectivity index (χ3n) is 2.70. The van der Waals surface area contributed by atoms with Gasteiger partial charge in [0.05, 0.1) is 4.92 Å². The quantitative estimate of drug-likeness (QED) is 0.532. The van der Waals surface area contributed by atoms with Gasteiger partial charge in [-0.3, -0.25) is 10.1 Å².